The molecule has 19 heavy (non-hydrogen) atoms. The van der Waals surface area contributed by atoms with Gasteiger partial charge in [0, 0.05) is 12.2 Å². The van der Waals surface area contributed by atoms with Crippen LogP contribution >= 0.6 is 0 Å². The molecule has 0 amide bonds. The Kier molecular flexibility index (Phi) is 4.18. The number of hydrogen-bond donors (Lipinski definition) is 1. The molecule has 0 saturated heterocycles. The number of nitrogens with zero attached hydrogens (tertiary/aromatic N) is 2. The Morgan fingerprint density at radius 1 is 1.37 bits per heavy atom. The van der Waals surface area contributed by atoms with Crippen molar-refractivity contribution in [3.63, 3.8) is 0 Å². The highest BCUT2D eigenvalue weighted by Crippen LogP contribution is 2.24. The average Bonchev–Trinajstić information content (AvgIpc) is 2.90. The van der Waals surface area contributed by atoms with Gasteiger partial charge in [-0.1, -0.05) is 31.5 Å². The van der Waals surface area contributed by atoms with Gasteiger partial charge >= 0.3 is 12.0 Å². The standard InChI is InChI=1S/C14H16N2O3/c1-2-3-9-16(11-7-5-4-6-8-11)14-15-12(10-19-14)13(17)18/h4-8,10H,2-3,9H2,1H3,(H,17,18). The molecule has 2 aromatic rings. The zero-order valence-corrected chi connectivity index (χ0v) is 10.7. The molecule has 0 unspecified atom stereocenters. The van der Waals surface area contributed by atoms with Gasteiger partial charge in [-0.05, 0) is 18.6 Å². The van der Waals surface area contributed by atoms with Crippen LogP contribution in [0.15, 0.2) is 41.0 Å². The van der Waals surface area contributed by atoms with E-state index in [0.29, 0.717) is 6.01 Å². The number of carboxylic acid groups (broad SMARTS) is 1. The first-order valence-corrected chi connectivity index (χ1v) is 6.23. The summed E-state index contributed by atoms with van der Waals surface area (Å²) >= 11 is 0. The highest BCUT2D eigenvalue weighted by atomic mass is 16.4. The molecule has 1 aromatic heterocycles. The summed E-state index contributed by atoms with van der Waals surface area (Å²) in [4.78, 5) is 16.7. The topological polar surface area (TPSA) is 66.6 Å². The second-order valence-corrected chi connectivity index (χ2v) is 4.16. The molecule has 0 aliphatic rings. The van der Waals surface area contributed by atoms with E-state index in [1.165, 1.54) is 6.26 Å². The van der Waals surface area contributed by atoms with Gasteiger partial charge in [0.25, 0.3) is 0 Å². The molecule has 0 atom stereocenters. The summed E-state index contributed by atoms with van der Waals surface area (Å²) in [6.45, 7) is 2.83. The monoisotopic (exact) mass is 260 g/mol. The zero-order valence-electron chi connectivity index (χ0n) is 10.7. The van der Waals surface area contributed by atoms with Gasteiger partial charge in [0.15, 0.2) is 5.69 Å². The molecule has 0 spiro atoms. The third kappa shape index (κ3) is 3.13. The van der Waals surface area contributed by atoms with E-state index in [-0.39, 0.29) is 5.69 Å². The molecule has 100 valence electrons. The number of benzene rings is 1. The minimum Gasteiger partial charge on any atom is -0.476 e. The van der Waals surface area contributed by atoms with Gasteiger partial charge in [0.1, 0.15) is 6.26 Å². The molecule has 2 rings (SSSR count). The van der Waals surface area contributed by atoms with Crippen LogP contribution in [-0.4, -0.2) is 22.6 Å². The van der Waals surface area contributed by atoms with E-state index in [1.54, 1.807) is 0 Å². The summed E-state index contributed by atoms with van der Waals surface area (Å²) in [7, 11) is 0. The van der Waals surface area contributed by atoms with E-state index in [2.05, 4.69) is 11.9 Å². The number of para-hydroxylation sites is 1. The lowest BCUT2D eigenvalue weighted by Gasteiger charge is -2.20. The molecule has 1 heterocycles. The maximum absolute atomic E-state index is 10.8. The molecule has 0 aliphatic carbocycles. The van der Waals surface area contributed by atoms with Crippen molar-refractivity contribution in [3.8, 4) is 0 Å². The summed E-state index contributed by atoms with van der Waals surface area (Å²) in [6, 6.07) is 9.99. The van der Waals surface area contributed by atoms with E-state index in [9.17, 15) is 4.79 Å². The van der Waals surface area contributed by atoms with Gasteiger partial charge in [-0.2, -0.15) is 4.98 Å². The first-order valence-electron chi connectivity index (χ1n) is 6.23. The van der Waals surface area contributed by atoms with E-state index in [1.807, 2.05) is 35.2 Å². The van der Waals surface area contributed by atoms with Crippen LogP contribution in [0.25, 0.3) is 0 Å². The molecule has 0 radical (unpaired) electrons. The Morgan fingerprint density at radius 2 is 2.11 bits per heavy atom. The van der Waals surface area contributed by atoms with Crippen LogP contribution < -0.4 is 4.90 Å². The number of rotatable bonds is 6. The second-order valence-electron chi connectivity index (χ2n) is 4.16. The highest BCUT2D eigenvalue weighted by molar-refractivity contribution is 5.85. The van der Waals surface area contributed by atoms with Crippen molar-refractivity contribution in [1.29, 1.82) is 0 Å². The normalized spacial score (nSPS) is 10.4. The Morgan fingerprint density at radius 3 is 2.68 bits per heavy atom. The van der Waals surface area contributed by atoms with Gasteiger partial charge in [0.05, 0.1) is 0 Å². The molecule has 0 saturated carbocycles. The minimum absolute atomic E-state index is 0.0765. The van der Waals surface area contributed by atoms with Crippen molar-refractivity contribution in [2.45, 2.75) is 19.8 Å². The molecule has 1 N–H and O–H groups in total. The van der Waals surface area contributed by atoms with Gasteiger partial charge in [-0.15, -0.1) is 0 Å². The Bertz CT molecular complexity index is 537. The number of unbranched alkanes of at least 4 members (excludes halogenated alkanes) is 1. The maximum Gasteiger partial charge on any atom is 0.357 e. The lowest BCUT2D eigenvalue weighted by molar-refractivity contribution is 0.0690. The number of carboxylic acids is 1. The molecule has 5 heteroatoms. The highest BCUT2D eigenvalue weighted by Gasteiger charge is 2.17. The molecule has 5 nitrogen and oxygen atoms in total. The van der Waals surface area contributed by atoms with Crippen molar-refractivity contribution >= 4 is 17.7 Å². The Balaban J connectivity index is 2.28. The molecule has 0 bridgehead atoms. The zero-order chi connectivity index (χ0) is 13.7. The summed E-state index contributed by atoms with van der Waals surface area (Å²) in [5.41, 5.74) is 0.863. The summed E-state index contributed by atoms with van der Waals surface area (Å²) in [5, 5.41) is 8.89. The van der Waals surface area contributed by atoms with E-state index < -0.39 is 5.97 Å². The first kappa shape index (κ1) is 13.1. The van der Waals surface area contributed by atoms with Gasteiger partial charge in [0.2, 0.25) is 0 Å². The number of carbonyl (C=O) groups is 1. The van der Waals surface area contributed by atoms with Crippen LogP contribution in [0.2, 0.25) is 0 Å². The fourth-order valence-corrected chi connectivity index (χ4v) is 1.75. The summed E-state index contributed by atoms with van der Waals surface area (Å²) in [5.74, 6) is -1.08. The van der Waals surface area contributed by atoms with Crippen molar-refractivity contribution in [2.75, 3.05) is 11.4 Å². The summed E-state index contributed by atoms with van der Waals surface area (Å²) < 4.78 is 5.27. The third-order valence-corrected chi connectivity index (χ3v) is 2.75. The largest absolute Gasteiger partial charge is 0.476 e. The van der Waals surface area contributed by atoms with Crippen LogP contribution in [0, 0.1) is 0 Å². The number of aromatic nitrogens is 1. The van der Waals surface area contributed by atoms with Crippen LogP contribution in [-0.2, 0) is 0 Å². The quantitative estimate of drug-likeness (QED) is 0.863. The second kappa shape index (κ2) is 6.04. The van der Waals surface area contributed by atoms with Crippen molar-refractivity contribution in [1.82, 2.24) is 4.98 Å². The predicted octanol–water partition coefficient (Wildman–Crippen LogP) is 3.31. The van der Waals surface area contributed by atoms with Crippen LogP contribution in [0.5, 0.6) is 0 Å². The molecule has 0 aliphatic heterocycles. The molecular formula is C14H16N2O3. The fraction of sp³-hybridized carbons (Fsp3) is 0.286. The Hall–Kier alpha value is -2.30. The molecule has 0 fully saturated rings. The molecular weight excluding hydrogens is 244 g/mol. The fourth-order valence-electron chi connectivity index (χ4n) is 1.75. The number of aromatic carboxylic acids is 1. The predicted molar refractivity (Wildman–Crippen MR) is 71.8 cm³/mol. The van der Waals surface area contributed by atoms with Gasteiger partial charge in [-0.25, -0.2) is 4.79 Å². The van der Waals surface area contributed by atoms with Crippen molar-refractivity contribution < 1.29 is 14.3 Å². The van der Waals surface area contributed by atoms with E-state index in [4.69, 9.17) is 9.52 Å². The third-order valence-electron chi connectivity index (χ3n) is 2.75. The van der Waals surface area contributed by atoms with Crippen LogP contribution in [0.3, 0.4) is 0 Å². The first-order chi connectivity index (χ1) is 9.22. The smallest absolute Gasteiger partial charge is 0.357 e. The van der Waals surface area contributed by atoms with Gasteiger partial charge < -0.3 is 9.52 Å². The van der Waals surface area contributed by atoms with E-state index >= 15 is 0 Å². The van der Waals surface area contributed by atoms with Crippen LogP contribution in [0.1, 0.15) is 30.3 Å². The van der Waals surface area contributed by atoms with Crippen LogP contribution in [0.4, 0.5) is 11.7 Å². The molecule has 1 aromatic carbocycles. The summed E-state index contributed by atoms with van der Waals surface area (Å²) in [6.07, 6.45) is 3.18. The SMILES string of the molecule is CCCCN(c1ccccc1)c1nc(C(=O)O)co1. The number of anilines is 2. The minimum atomic E-state index is -1.08. The Labute approximate surface area is 111 Å². The van der Waals surface area contributed by atoms with Crippen molar-refractivity contribution in [3.05, 3.63) is 42.3 Å². The number of oxazole rings is 1. The van der Waals surface area contributed by atoms with E-state index in [0.717, 1.165) is 25.1 Å². The lowest BCUT2D eigenvalue weighted by atomic mass is 10.2. The number of hydrogen-bond acceptors (Lipinski definition) is 4. The van der Waals surface area contributed by atoms with Crippen molar-refractivity contribution in [2.24, 2.45) is 0 Å². The lowest BCUT2D eigenvalue weighted by Crippen LogP contribution is -2.18. The maximum atomic E-state index is 10.8. The van der Waals surface area contributed by atoms with Gasteiger partial charge in [-0.3, -0.25) is 4.90 Å². The average molecular weight is 260 g/mol.